The SMILES string of the molecule is COC1=Cc2nc3ccccc3cc2C(=O)C1. The van der Waals surface area contributed by atoms with Gasteiger partial charge in [-0.2, -0.15) is 0 Å². The average molecular weight is 225 g/mol. The molecule has 0 aliphatic heterocycles. The lowest BCUT2D eigenvalue weighted by Gasteiger charge is -2.14. The Labute approximate surface area is 98.7 Å². The molecule has 1 aromatic carbocycles. The second-order valence-corrected chi connectivity index (χ2v) is 4.03. The zero-order valence-electron chi connectivity index (χ0n) is 9.43. The Morgan fingerprint density at radius 1 is 1.29 bits per heavy atom. The molecule has 3 heteroatoms. The van der Waals surface area contributed by atoms with Crippen LogP contribution < -0.4 is 0 Å². The van der Waals surface area contributed by atoms with Crippen LogP contribution in [-0.2, 0) is 4.74 Å². The van der Waals surface area contributed by atoms with Crippen molar-refractivity contribution < 1.29 is 9.53 Å². The molecule has 1 aliphatic carbocycles. The highest BCUT2D eigenvalue weighted by Crippen LogP contribution is 2.26. The summed E-state index contributed by atoms with van der Waals surface area (Å²) in [6.45, 7) is 0. The van der Waals surface area contributed by atoms with Crippen LogP contribution in [0.4, 0.5) is 0 Å². The van der Waals surface area contributed by atoms with E-state index in [1.165, 1.54) is 0 Å². The number of pyridine rings is 1. The number of rotatable bonds is 1. The van der Waals surface area contributed by atoms with E-state index in [1.54, 1.807) is 7.11 Å². The number of fused-ring (bicyclic) bond motifs is 2. The van der Waals surface area contributed by atoms with Gasteiger partial charge >= 0.3 is 0 Å². The van der Waals surface area contributed by atoms with Crippen molar-refractivity contribution in [1.82, 2.24) is 4.98 Å². The fourth-order valence-corrected chi connectivity index (χ4v) is 2.05. The molecule has 1 aromatic heterocycles. The van der Waals surface area contributed by atoms with Crippen LogP contribution >= 0.6 is 0 Å². The third-order valence-corrected chi connectivity index (χ3v) is 2.95. The monoisotopic (exact) mass is 225 g/mol. The van der Waals surface area contributed by atoms with E-state index >= 15 is 0 Å². The number of hydrogen-bond donors (Lipinski definition) is 0. The molecule has 84 valence electrons. The number of carbonyl (C=O) groups is 1. The summed E-state index contributed by atoms with van der Waals surface area (Å²) in [6, 6.07) is 9.69. The van der Waals surface area contributed by atoms with Crippen LogP contribution in [0.1, 0.15) is 22.5 Å². The maximum atomic E-state index is 11.9. The molecule has 3 nitrogen and oxygen atoms in total. The topological polar surface area (TPSA) is 39.2 Å². The van der Waals surface area contributed by atoms with Crippen molar-refractivity contribution in [3.05, 3.63) is 47.3 Å². The number of allylic oxidation sites excluding steroid dienone is 1. The number of methoxy groups -OCH3 is 1. The minimum atomic E-state index is 0.0672. The molecular weight excluding hydrogens is 214 g/mol. The van der Waals surface area contributed by atoms with E-state index in [0.717, 1.165) is 10.9 Å². The standard InChI is InChI=1S/C14H11NO2/c1-17-10-7-13-11(14(16)8-10)6-9-4-2-3-5-12(9)15-13/h2-7H,8H2,1H3. The molecule has 0 atom stereocenters. The van der Waals surface area contributed by atoms with Crippen LogP contribution in [0.2, 0.25) is 0 Å². The minimum absolute atomic E-state index is 0.0672. The van der Waals surface area contributed by atoms with Gasteiger partial charge in [-0.3, -0.25) is 4.79 Å². The van der Waals surface area contributed by atoms with Gasteiger partial charge in [-0.1, -0.05) is 18.2 Å². The van der Waals surface area contributed by atoms with Gasteiger partial charge in [0.15, 0.2) is 5.78 Å². The maximum Gasteiger partial charge on any atom is 0.172 e. The molecule has 0 bridgehead atoms. The zero-order valence-corrected chi connectivity index (χ0v) is 9.43. The molecule has 0 radical (unpaired) electrons. The molecule has 0 unspecified atom stereocenters. The number of aromatic nitrogens is 1. The Morgan fingerprint density at radius 3 is 2.94 bits per heavy atom. The molecule has 0 amide bonds. The number of Topliss-reactive ketones (excluding diaryl/α,β-unsaturated/α-hetero) is 1. The van der Waals surface area contributed by atoms with Gasteiger partial charge in [0.25, 0.3) is 0 Å². The molecule has 3 rings (SSSR count). The lowest BCUT2D eigenvalue weighted by atomic mass is 9.97. The Hall–Kier alpha value is -2.16. The first-order valence-electron chi connectivity index (χ1n) is 5.45. The smallest absolute Gasteiger partial charge is 0.172 e. The number of ether oxygens (including phenoxy) is 1. The maximum absolute atomic E-state index is 11.9. The van der Waals surface area contributed by atoms with Gasteiger partial charge in [-0.25, -0.2) is 4.98 Å². The van der Waals surface area contributed by atoms with Gasteiger partial charge in [0.05, 0.1) is 24.7 Å². The highest BCUT2D eigenvalue weighted by molar-refractivity contribution is 6.05. The number of para-hydroxylation sites is 1. The summed E-state index contributed by atoms with van der Waals surface area (Å²) in [5, 5.41) is 0.994. The van der Waals surface area contributed by atoms with E-state index in [1.807, 2.05) is 36.4 Å². The second kappa shape index (κ2) is 3.70. The minimum Gasteiger partial charge on any atom is -0.501 e. The first kappa shape index (κ1) is 10.0. The van der Waals surface area contributed by atoms with Gasteiger partial charge in [0.2, 0.25) is 0 Å². The van der Waals surface area contributed by atoms with Gasteiger partial charge in [-0.05, 0) is 12.1 Å². The van der Waals surface area contributed by atoms with Crippen LogP contribution in [-0.4, -0.2) is 17.9 Å². The van der Waals surface area contributed by atoms with E-state index < -0.39 is 0 Å². The molecule has 0 N–H and O–H groups in total. The Kier molecular flexibility index (Phi) is 2.18. The molecular formula is C14H11NO2. The van der Waals surface area contributed by atoms with Crippen LogP contribution in [0.25, 0.3) is 17.0 Å². The summed E-state index contributed by atoms with van der Waals surface area (Å²) in [7, 11) is 1.57. The van der Waals surface area contributed by atoms with Crippen molar-refractivity contribution >= 4 is 22.8 Å². The number of hydrogen-bond acceptors (Lipinski definition) is 3. The highest BCUT2D eigenvalue weighted by atomic mass is 16.5. The summed E-state index contributed by atoms with van der Waals surface area (Å²) >= 11 is 0. The predicted molar refractivity (Wildman–Crippen MR) is 65.7 cm³/mol. The van der Waals surface area contributed by atoms with E-state index in [2.05, 4.69) is 4.98 Å². The average Bonchev–Trinajstić information content (AvgIpc) is 2.36. The van der Waals surface area contributed by atoms with E-state index in [9.17, 15) is 4.79 Å². The number of ketones is 1. The highest BCUT2D eigenvalue weighted by Gasteiger charge is 2.20. The quantitative estimate of drug-likeness (QED) is 0.749. The number of carbonyl (C=O) groups excluding carboxylic acids is 1. The fraction of sp³-hybridized carbons (Fsp3) is 0.143. The summed E-state index contributed by atoms with van der Waals surface area (Å²) in [4.78, 5) is 16.4. The summed E-state index contributed by atoms with van der Waals surface area (Å²) in [5.74, 6) is 0.739. The van der Waals surface area contributed by atoms with Crippen LogP contribution in [0.5, 0.6) is 0 Å². The van der Waals surface area contributed by atoms with Gasteiger partial charge < -0.3 is 4.74 Å². The largest absolute Gasteiger partial charge is 0.501 e. The number of benzene rings is 1. The predicted octanol–water partition coefficient (Wildman–Crippen LogP) is 2.81. The molecule has 0 saturated heterocycles. The normalized spacial score (nSPS) is 14.4. The zero-order chi connectivity index (χ0) is 11.8. The number of nitrogens with zero attached hydrogens (tertiary/aromatic N) is 1. The van der Waals surface area contributed by atoms with Crippen LogP contribution in [0.3, 0.4) is 0 Å². The van der Waals surface area contributed by atoms with Crippen LogP contribution in [0, 0.1) is 0 Å². The van der Waals surface area contributed by atoms with Gasteiger partial charge in [-0.15, -0.1) is 0 Å². The molecule has 0 fully saturated rings. The van der Waals surface area contributed by atoms with Gasteiger partial charge in [0, 0.05) is 17.0 Å². The molecule has 2 aromatic rings. The summed E-state index contributed by atoms with van der Waals surface area (Å²) in [5.41, 5.74) is 2.29. The van der Waals surface area contributed by atoms with E-state index in [0.29, 0.717) is 23.4 Å². The van der Waals surface area contributed by atoms with Gasteiger partial charge in [0.1, 0.15) is 5.76 Å². The molecule has 1 heterocycles. The summed E-state index contributed by atoms with van der Waals surface area (Å²) < 4.78 is 5.13. The molecule has 1 aliphatic rings. The van der Waals surface area contributed by atoms with Crippen molar-refractivity contribution in [2.24, 2.45) is 0 Å². The molecule has 17 heavy (non-hydrogen) atoms. The fourth-order valence-electron chi connectivity index (χ4n) is 2.05. The third-order valence-electron chi connectivity index (χ3n) is 2.95. The van der Waals surface area contributed by atoms with E-state index in [4.69, 9.17) is 4.74 Å². The summed E-state index contributed by atoms with van der Waals surface area (Å²) in [6.07, 6.45) is 2.16. The Morgan fingerprint density at radius 2 is 2.12 bits per heavy atom. The molecule has 0 spiro atoms. The first-order chi connectivity index (χ1) is 8.28. The van der Waals surface area contributed by atoms with E-state index in [-0.39, 0.29) is 5.78 Å². The van der Waals surface area contributed by atoms with Crippen molar-refractivity contribution in [3.63, 3.8) is 0 Å². The third kappa shape index (κ3) is 1.60. The second-order valence-electron chi connectivity index (χ2n) is 4.03. The lowest BCUT2D eigenvalue weighted by Crippen LogP contribution is -2.10. The Balaban J connectivity index is 2.28. The van der Waals surface area contributed by atoms with Crippen LogP contribution in [0.15, 0.2) is 36.1 Å². The van der Waals surface area contributed by atoms with Crippen molar-refractivity contribution in [2.75, 3.05) is 7.11 Å². The lowest BCUT2D eigenvalue weighted by molar-refractivity contribution is 0.0970. The molecule has 0 saturated carbocycles. The van der Waals surface area contributed by atoms with Crippen molar-refractivity contribution in [3.8, 4) is 0 Å². The van der Waals surface area contributed by atoms with Crippen molar-refractivity contribution in [1.29, 1.82) is 0 Å². The Bertz CT molecular complexity index is 644. The van der Waals surface area contributed by atoms with Crippen molar-refractivity contribution in [2.45, 2.75) is 6.42 Å². The first-order valence-corrected chi connectivity index (χ1v) is 5.45.